The van der Waals surface area contributed by atoms with E-state index >= 15 is 0 Å². The molecule has 0 saturated carbocycles. The van der Waals surface area contributed by atoms with Crippen LogP contribution in [0, 0.1) is 0 Å². The SMILES string of the molecule is CCCOc1ccc(NC(=O)c2cc(Br)ccc2OC)cc1. The minimum Gasteiger partial charge on any atom is -0.496 e. The van der Waals surface area contributed by atoms with Crippen LogP contribution in [0.15, 0.2) is 46.9 Å². The number of carbonyl (C=O) groups is 1. The number of hydrogen-bond donors (Lipinski definition) is 1. The number of carbonyl (C=O) groups excluding carboxylic acids is 1. The van der Waals surface area contributed by atoms with Gasteiger partial charge < -0.3 is 14.8 Å². The molecule has 5 heteroatoms. The van der Waals surface area contributed by atoms with E-state index in [1.54, 1.807) is 19.2 Å². The molecule has 0 radical (unpaired) electrons. The number of nitrogens with one attached hydrogen (secondary N) is 1. The summed E-state index contributed by atoms with van der Waals surface area (Å²) in [5.74, 6) is 1.10. The maximum atomic E-state index is 12.4. The molecule has 0 saturated heterocycles. The summed E-state index contributed by atoms with van der Waals surface area (Å²) in [6, 6.07) is 12.6. The van der Waals surface area contributed by atoms with E-state index in [-0.39, 0.29) is 5.91 Å². The van der Waals surface area contributed by atoms with Crippen LogP contribution in [0.2, 0.25) is 0 Å². The Balaban J connectivity index is 2.10. The Kier molecular flexibility index (Phi) is 5.83. The number of halogens is 1. The highest BCUT2D eigenvalue weighted by Crippen LogP contribution is 2.24. The average Bonchev–Trinajstić information content (AvgIpc) is 2.54. The lowest BCUT2D eigenvalue weighted by Crippen LogP contribution is -2.13. The van der Waals surface area contributed by atoms with Gasteiger partial charge in [-0.05, 0) is 48.9 Å². The second kappa shape index (κ2) is 7.84. The smallest absolute Gasteiger partial charge is 0.259 e. The molecule has 0 spiro atoms. The maximum Gasteiger partial charge on any atom is 0.259 e. The highest BCUT2D eigenvalue weighted by Gasteiger charge is 2.13. The van der Waals surface area contributed by atoms with E-state index in [9.17, 15) is 4.79 Å². The van der Waals surface area contributed by atoms with Gasteiger partial charge in [0, 0.05) is 10.2 Å². The summed E-state index contributed by atoms with van der Waals surface area (Å²) in [5, 5.41) is 2.85. The van der Waals surface area contributed by atoms with Gasteiger partial charge in [0.05, 0.1) is 19.3 Å². The molecule has 1 amide bonds. The number of methoxy groups -OCH3 is 1. The van der Waals surface area contributed by atoms with E-state index in [4.69, 9.17) is 9.47 Å². The molecule has 2 aromatic carbocycles. The summed E-state index contributed by atoms with van der Waals surface area (Å²) in [6.45, 7) is 2.74. The molecule has 0 unspecified atom stereocenters. The normalized spacial score (nSPS) is 10.1. The molecule has 22 heavy (non-hydrogen) atoms. The fourth-order valence-corrected chi connectivity index (χ4v) is 2.27. The molecule has 0 atom stereocenters. The predicted octanol–water partition coefficient (Wildman–Crippen LogP) is 4.50. The summed E-state index contributed by atoms with van der Waals surface area (Å²) in [7, 11) is 1.54. The van der Waals surface area contributed by atoms with Crippen molar-refractivity contribution in [3.8, 4) is 11.5 Å². The lowest BCUT2D eigenvalue weighted by molar-refractivity contribution is 0.102. The minimum absolute atomic E-state index is 0.222. The van der Waals surface area contributed by atoms with Crippen LogP contribution in [0.3, 0.4) is 0 Å². The second-order valence-corrected chi connectivity index (χ2v) is 5.59. The van der Waals surface area contributed by atoms with Crippen LogP contribution in [0.25, 0.3) is 0 Å². The second-order valence-electron chi connectivity index (χ2n) is 4.67. The summed E-state index contributed by atoms with van der Waals surface area (Å²) < 4.78 is 11.6. The fourth-order valence-electron chi connectivity index (χ4n) is 1.91. The molecule has 0 fully saturated rings. The van der Waals surface area contributed by atoms with E-state index in [0.29, 0.717) is 23.6 Å². The van der Waals surface area contributed by atoms with Gasteiger partial charge in [-0.2, -0.15) is 0 Å². The van der Waals surface area contributed by atoms with Crippen LogP contribution in [0.5, 0.6) is 11.5 Å². The molecule has 2 aromatic rings. The van der Waals surface area contributed by atoms with Gasteiger partial charge in [0.25, 0.3) is 5.91 Å². The minimum atomic E-state index is -0.222. The lowest BCUT2D eigenvalue weighted by atomic mass is 10.2. The van der Waals surface area contributed by atoms with Crippen LogP contribution in [0.4, 0.5) is 5.69 Å². The molecule has 0 aliphatic rings. The zero-order valence-electron chi connectivity index (χ0n) is 12.6. The number of benzene rings is 2. The molecule has 0 aliphatic carbocycles. The van der Waals surface area contributed by atoms with Crippen molar-refractivity contribution in [2.24, 2.45) is 0 Å². The van der Waals surface area contributed by atoms with Crippen LogP contribution in [-0.4, -0.2) is 19.6 Å². The van der Waals surface area contributed by atoms with Crippen molar-refractivity contribution >= 4 is 27.5 Å². The Morgan fingerprint density at radius 1 is 1.18 bits per heavy atom. The van der Waals surface area contributed by atoms with Crippen molar-refractivity contribution in [3.63, 3.8) is 0 Å². The van der Waals surface area contributed by atoms with Crippen LogP contribution >= 0.6 is 15.9 Å². The van der Waals surface area contributed by atoms with Crippen molar-refractivity contribution < 1.29 is 14.3 Å². The lowest BCUT2D eigenvalue weighted by Gasteiger charge is -2.10. The van der Waals surface area contributed by atoms with Gasteiger partial charge in [0.2, 0.25) is 0 Å². The number of rotatable bonds is 6. The zero-order valence-corrected chi connectivity index (χ0v) is 14.1. The first-order valence-electron chi connectivity index (χ1n) is 7.01. The zero-order chi connectivity index (χ0) is 15.9. The van der Waals surface area contributed by atoms with Crippen molar-refractivity contribution in [2.45, 2.75) is 13.3 Å². The van der Waals surface area contributed by atoms with E-state index in [1.165, 1.54) is 0 Å². The van der Waals surface area contributed by atoms with E-state index in [0.717, 1.165) is 16.6 Å². The molecule has 116 valence electrons. The largest absolute Gasteiger partial charge is 0.496 e. The summed E-state index contributed by atoms with van der Waals surface area (Å²) >= 11 is 3.36. The molecule has 0 aliphatic heterocycles. The van der Waals surface area contributed by atoms with Crippen molar-refractivity contribution in [1.82, 2.24) is 0 Å². The van der Waals surface area contributed by atoms with Gasteiger partial charge in [0.15, 0.2) is 0 Å². The molecular formula is C17H18BrNO3. The highest BCUT2D eigenvalue weighted by atomic mass is 79.9. The maximum absolute atomic E-state index is 12.4. The van der Waals surface area contributed by atoms with Gasteiger partial charge in [-0.15, -0.1) is 0 Å². The molecule has 1 N–H and O–H groups in total. The van der Waals surface area contributed by atoms with Gasteiger partial charge in [0.1, 0.15) is 11.5 Å². The highest BCUT2D eigenvalue weighted by molar-refractivity contribution is 9.10. The average molecular weight is 364 g/mol. The third kappa shape index (κ3) is 4.24. The van der Waals surface area contributed by atoms with Gasteiger partial charge in [-0.3, -0.25) is 4.79 Å². The Labute approximate surface area is 138 Å². The van der Waals surface area contributed by atoms with Crippen molar-refractivity contribution in [1.29, 1.82) is 0 Å². The molecule has 0 bridgehead atoms. The molecule has 4 nitrogen and oxygen atoms in total. The van der Waals surface area contributed by atoms with E-state index in [2.05, 4.69) is 28.2 Å². The molecule has 0 heterocycles. The molecule has 0 aromatic heterocycles. The van der Waals surface area contributed by atoms with Crippen LogP contribution in [0.1, 0.15) is 23.7 Å². The van der Waals surface area contributed by atoms with E-state index < -0.39 is 0 Å². The summed E-state index contributed by atoms with van der Waals surface area (Å²) in [6.07, 6.45) is 0.959. The fraction of sp³-hybridized carbons (Fsp3) is 0.235. The Hall–Kier alpha value is -2.01. The Morgan fingerprint density at radius 3 is 2.55 bits per heavy atom. The summed E-state index contributed by atoms with van der Waals surface area (Å²) in [5.41, 5.74) is 1.18. The predicted molar refractivity (Wildman–Crippen MR) is 90.9 cm³/mol. The third-order valence-electron chi connectivity index (χ3n) is 2.99. The monoisotopic (exact) mass is 363 g/mol. The van der Waals surface area contributed by atoms with Gasteiger partial charge in [-0.1, -0.05) is 22.9 Å². The number of ether oxygens (including phenoxy) is 2. The van der Waals surface area contributed by atoms with Gasteiger partial charge >= 0.3 is 0 Å². The van der Waals surface area contributed by atoms with Gasteiger partial charge in [-0.25, -0.2) is 0 Å². The summed E-state index contributed by atoms with van der Waals surface area (Å²) in [4.78, 5) is 12.4. The van der Waals surface area contributed by atoms with Crippen LogP contribution in [-0.2, 0) is 0 Å². The third-order valence-corrected chi connectivity index (χ3v) is 3.48. The first-order chi connectivity index (χ1) is 10.6. The Bertz CT molecular complexity index is 641. The number of hydrogen-bond acceptors (Lipinski definition) is 3. The standard InChI is InChI=1S/C17H18BrNO3/c1-3-10-22-14-7-5-13(6-8-14)19-17(20)15-11-12(18)4-9-16(15)21-2/h4-9,11H,3,10H2,1-2H3,(H,19,20). The van der Waals surface area contributed by atoms with Crippen LogP contribution < -0.4 is 14.8 Å². The molecular weight excluding hydrogens is 346 g/mol. The number of amides is 1. The topological polar surface area (TPSA) is 47.6 Å². The quantitative estimate of drug-likeness (QED) is 0.821. The van der Waals surface area contributed by atoms with Crippen molar-refractivity contribution in [3.05, 3.63) is 52.5 Å². The van der Waals surface area contributed by atoms with Crippen molar-refractivity contribution in [2.75, 3.05) is 19.0 Å². The molecule has 2 rings (SSSR count). The first kappa shape index (κ1) is 16.4. The van der Waals surface area contributed by atoms with E-state index in [1.807, 2.05) is 30.3 Å². The number of anilines is 1. The Morgan fingerprint density at radius 2 is 1.91 bits per heavy atom. The first-order valence-corrected chi connectivity index (χ1v) is 7.81.